The molecule has 0 unspecified atom stereocenters. The van der Waals surface area contributed by atoms with Crippen molar-refractivity contribution in [3.63, 3.8) is 0 Å². The average Bonchev–Trinajstić information content (AvgIpc) is 2.07. The Hall–Kier alpha value is -0.220. The highest BCUT2D eigenvalue weighted by Crippen LogP contribution is 2.12. The maximum atomic E-state index is 11.5. The second-order valence-corrected chi connectivity index (χ2v) is 7.09. The number of rotatable bonds is 5. The zero-order valence-electron chi connectivity index (χ0n) is 11.4. The Bertz CT molecular complexity index is 216. The highest BCUT2D eigenvalue weighted by Gasteiger charge is 2.20. The summed E-state index contributed by atoms with van der Waals surface area (Å²) in [4.78, 5) is 11.5. The van der Waals surface area contributed by atoms with Gasteiger partial charge in [0.25, 0.3) is 0 Å². The van der Waals surface area contributed by atoms with Crippen LogP contribution in [0.15, 0.2) is 0 Å². The second kappa shape index (κ2) is 6.50. The molecule has 0 aromatic carbocycles. The molecule has 0 aromatic rings. The highest BCUT2D eigenvalue weighted by atomic mass is 32.2. The van der Waals surface area contributed by atoms with Crippen LogP contribution in [0.2, 0.25) is 0 Å². The first kappa shape index (κ1) is 15.8. The Morgan fingerprint density at radius 3 is 2.12 bits per heavy atom. The maximum Gasteiger partial charge on any atom is 0.225 e. The lowest BCUT2D eigenvalue weighted by Gasteiger charge is -2.20. The predicted molar refractivity (Wildman–Crippen MR) is 72.7 cm³/mol. The van der Waals surface area contributed by atoms with Crippen LogP contribution in [0.4, 0.5) is 0 Å². The lowest BCUT2D eigenvalue weighted by molar-refractivity contribution is -0.128. The van der Waals surface area contributed by atoms with Crippen molar-refractivity contribution in [2.24, 2.45) is 5.41 Å². The zero-order valence-corrected chi connectivity index (χ0v) is 12.3. The number of hydrogen-bond acceptors (Lipinski definition) is 3. The zero-order chi connectivity index (χ0) is 12.8. The van der Waals surface area contributed by atoms with Gasteiger partial charge in [0.15, 0.2) is 0 Å². The van der Waals surface area contributed by atoms with Gasteiger partial charge in [0.05, 0.1) is 0 Å². The molecule has 0 aliphatic heterocycles. The number of nitrogens with one attached hydrogen (secondary N) is 2. The van der Waals surface area contributed by atoms with Crippen LogP contribution >= 0.6 is 11.8 Å². The Labute approximate surface area is 104 Å². The molecule has 2 N–H and O–H groups in total. The Kier molecular flexibility index (Phi) is 6.41. The molecule has 0 aromatic heterocycles. The standard InChI is InChI=1S/C12H26N2OS/c1-11(2,3)10(15)13-7-8-16-9-14-12(4,5)6/h14H,7-9H2,1-6H3,(H,13,15). The predicted octanol–water partition coefficient (Wildman–Crippen LogP) is 2.23. The van der Waals surface area contributed by atoms with Crippen molar-refractivity contribution in [3.05, 3.63) is 0 Å². The van der Waals surface area contributed by atoms with Crippen molar-refractivity contribution in [1.82, 2.24) is 10.6 Å². The number of hydrogen-bond donors (Lipinski definition) is 2. The van der Waals surface area contributed by atoms with E-state index in [1.807, 2.05) is 20.8 Å². The number of carbonyl (C=O) groups is 1. The van der Waals surface area contributed by atoms with Crippen molar-refractivity contribution in [2.45, 2.75) is 47.1 Å². The molecule has 4 heteroatoms. The van der Waals surface area contributed by atoms with Gasteiger partial charge >= 0.3 is 0 Å². The summed E-state index contributed by atoms with van der Waals surface area (Å²) in [5, 5.41) is 6.32. The topological polar surface area (TPSA) is 41.1 Å². The van der Waals surface area contributed by atoms with Crippen LogP contribution in [0.1, 0.15) is 41.5 Å². The van der Waals surface area contributed by atoms with Crippen molar-refractivity contribution in [2.75, 3.05) is 18.2 Å². The van der Waals surface area contributed by atoms with Gasteiger partial charge in [0, 0.05) is 29.1 Å². The fourth-order valence-corrected chi connectivity index (χ4v) is 1.77. The Balaban J connectivity index is 3.45. The summed E-state index contributed by atoms with van der Waals surface area (Å²) in [5.74, 6) is 2.00. The molecule has 0 aliphatic carbocycles. The molecule has 1 amide bonds. The second-order valence-electron chi connectivity index (χ2n) is 5.99. The van der Waals surface area contributed by atoms with Crippen molar-refractivity contribution >= 4 is 17.7 Å². The molecule has 0 saturated carbocycles. The van der Waals surface area contributed by atoms with E-state index < -0.39 is 0 Å². The van der Waals surface area contributed by atoms with E-state index in [1.165, 1.54) is 0 Å². The number of amides is 1. The number of thioether (sulfide) groups is 1. The smallest absolute Gasteiger partial charge is 0.225 e. The van der Waals surface area contributed by atoms with Crippen molar-refractivity contribution in [3.8, 4) is 0 Å². The van der Waals surface area contributed by atoms with E-state index in [0.29, 0.717) is 0 Å². The van der Waals surface area contributed by atoms with Gasteiger partial charge in [-0.05, 0) is 20.8 Å². The molecular weight excluding hydrogens is 220 g/mol. The van der Waals surface area contributed by atoms with Crippen LogP contribution in [0.5, 0.6) is 0 Å². The molecule has 0 atom stereocenters. The minimum absolute atomic E-state index is 0.122. The maximum absolute atomic E-state index is 11.5. The fraction of sp³-hybridized carbons (Fsp3) is 0.917. The number of carbonyl (C=O) groups excluding carboxylic acids is 1. The molecule has 0 fully saturated rings. The highest BCUT2D eigenvalue weighted by molar-refractivity contribution is 7.99. The summed E-state index contributed by atoms with van der Waals surface area (Å²) >= 11 is 1.81. The molecule has 0 aliphatic rings. The van der Waals surface area contributed by atoms with Crippen LogP contribution < -0.4 is 10.6 Å². The van der Waals surface area contributed by atoms with Crippen molar-refractivity contribution < 1.29 is 4.79 Å². The third-order valence-electron chi connectivity index (χ3n) is 1.92. The first-order valence-corrected chi connectivity index (χ1v) is 6.89. The van der Waals surface area contributed by atoms with Crippen LogP contribution in [0, 0.1) is 5.41 Å². The third-order valence-corrected chi connectivity index (χ3v) is 2.76. The van der Waals surface area contributed by atoms with E-state index in [9.17, 15) is 4.79 Å². The minimum atomic E-state index is -0.283. The molecule has 0 bridgehead atoms. The van der Waals surface area contributed by atoms with Crippen LogP contribution in [-0.4, -0.2) is 29.6 Å². The van der Waals surface area contributed by atoms with E-state index in [2.05, 4.69) is 31.4 Å². The molecule has 0 radical (unpaired) electrons. The normalized spacial score (nSPS) is 12.6. The summed E-state index contributed by atoms with van der Waals surface area (Å²) in [7, 11) is 0. The quantitative estimate of drug-likeness (QED) is 0.577. The minimum Gasteiger partial charge on any atom is -0.355 e. The summed E-state index contributed by atoms with van der Waals surface area (Å²) in [6, 6.07) is 0. The van der Waals surface area contributed by atoms with E-state index in [4.69, 9.17) is 0 Å². The van der Waals surface area contributed by atoms with Gasteiger partial charge in [-0.2, -0.15) is 0 Å². The summed E-state index contributed by atoms with van der Waals surface area (Å²) < 4.78 is 0. The van der Waals surface area contributed by atoms with E-state index in [1.54, 1.807) is 11.8 Å². The van der Waals surface area contributed by atoms with Gasteiger partial charge < -0.3 is 10.6 Å². The molecule has 96 valence electrons. The molecule has 0 saturated heterocycles. The Morgan fingerprint density at radius 2 is 1.69 bits per heavy atom. The van der Waals surface area contributed by atoms with Gasteiger partial charge in [0.1, 0.15) is 0 Å². The largest absolute Gasteiger partial charge is 0.355 e. The molecular formula is C12H26N2OS. The average molecular weight is 246 g/mol. The van der Waals surface area contributed by atoms with Crippen molar-refractivity contribution in [1.29, 1.82) is 0 Å². The molecule has 3 nitrogen and oxygen atoms in total. The first-order chi connectivity index (χ1) is 7.13. The van der Waals surface area contributed by atoms with E-state index in [-0.39, 0.29) is 16.9 Å². The lowest BCUT2D eigenvalue weighted by Crippen LogP contribution is -2.37. The molecule has 0 rings (SSSR count). The molecule has 16 heavy (non-hydrogen) atoms. The monoisotopic (exact) mass is 246 g/mol. The van der Waals surface area contributed by atoms with Gasteiger partial charge in [-0.1, -0.05) is 20.8 Å². The third kappa shape index (κ3) is 9.04. The van der Waals surface area contributed by atoms with E-state index in [0.717, 1.165) is 18.2 Å². The fourth-order valence-electron chi connectivity index (χ4n) is 0.842. The molecule has 0 spiro atoms. The first-order valence-electron chi connectivity index (χ1n) is 5.74. The Morgan fingerprint density at radius 1 is 1.12 bits per heavy atom. The summed E-state index contributed by atoms with van der Waals surface area (Å²) in [6.45, 7) is 13.0. The summed E-state index contributed by atoms with van der Waals surface area (Å²) in [5.41, 5.74) is -0.115. The van der Waals surface area contributed by atoms with Gasteiger partial charge in [0.2, 0.25) is 5.91 Å². The van der Waals surface area contributed by atoms with Gasteiger partial charge in [-0.15, -0.1) is 11.8 Å². The lowest BCUT2D eigenvalue weighted by atomic mass is 9.96. The van der Waals surface area contributed by atoms with Crippen LogP contribution in [0.3, 0.4) is 0 Å². The summed E-state index contributed by atoms with van der Waals surface area (Å²) in [6.07, 6.45) is 0. The molecule has 0 heterocycles. The van der Waals surface area contributed by atoms with E-state index >= 15 is 0 Å². The SMILES string of the molecule is CC(C)(C)NCSCCNC(=O)C(C)(C)C. The van der Waals surface area contributed by atoms with Gasteiger partial charge in [-0.3, -0.25) is 4.79 Å². The van der Waals surface area contributed by atoms with Gasteiger partial charge in [-0.25, -0.2) is 0 Å². The van der Waals surface area contributed by atoms with Crippen LogP contribution in [0.25, 0.3) is 0 Å². The van der Waals surface area contributed by atoms with Crippen LogP contribution in [-0.2, 0) is 4.79 Å².